The zero-order chi connectivity index (χ0) is 17.1. The molecule has 0 N–H and O–H groups in total. The van der Waals surface area contributed by atoms with Crippen LogP contribution in [0.1, 0.15) is 18.4 Å². The average molecular weight is 337 g/mol. The minimum absolute atomic E-state index is 0.171. The topological polar surface area (TPSA) is 81.7 Å². The maximum Gasteiger partial charge on any atom is 0.227 e. The van der Waals surface area contributed by atoms with E-state index in [1.807, 2.05) is 46.1 Å². The third-order valence-corrected chi connectivity index (χ3v) is 4.56. The highest BCUT2D eigenvalue weighted by molar-refractivity contribution is 5.79. The van der Waals surface area contributed by atoms with Gasteiger partial charge in [0.15, 0.2) is 0 Å². The van der Waals surface area contributed by atoms with E-state index in [2.05, 4.69) is 20.6 Å². The summed E-state index contributed by atoms with van der Waals surface area (Å²) < 4.78 is 3.49. The lowest BCUT2D eigenvalue weighted by molar-refractivity contribution is -0.131. The number of tetrazole rings is 1. The van der Waals surface area contributed by atoms with Gasteiger partial charge in [-0.1, -0.05) is 12.1 Å². The molecule has 8 nitrogen and oxygen atoms in total. The highest BCUT2D eigenvalue weighted by Gasteiger charge is 2.28. The molecule has 1 aliphatic heterocycles. The van der Waals surface area contributed by atoms with Crippen molar-refractivity contribution >= 4 is 5.91 Å². The van der Waals surface area contributed by atoms with Gasteiger partial charge in [-0.15, -0.1) is 5.10 Å². The molecule has 0 spiro atoms. The largest absolute Gasteiger partial charge is 0.338 e. The van der Waals surface area contributed by atoms with Crippen LogP contribution in [0.15, 0.2) is 49.1 Å². The number of rotatable bonds is 5. The van der Waals surface area contributed by atoms with Gasteiger partial charge in [0.1, 0.15) is 6.33 Å². The predicted molar refractivity (Wildman–Crippen MR) is 89.8 cm³/mol. The van der Waals surface area contributed by atoms with E-state index >= 15 is 0 Å². The molecule has 0 radical (unpaired) electrons. The zero-order valence-corrected chi connectivity index (χ0v) is 13.8. The molecule has 0 bridgehead atoms. The van der Waals surface area contributed by atoms with E-state index in [9.17, 15) is 4.79 Å². The molecule has 1 atom stereocenters. The second kappa shape index (κ2) is 6.84. The maximum atomic E-state index is 12.7. The summed E-state index contributed by atoms with van der Waals surface area (Å²) in [6.07, 6.45) is 7.75. The minimum atomic E-state index is 0.171. The number of amides is 1. The summed E-state index contributed by atoms with van der Waals surface area (Å²) in [7, 11) is 0. The van der Waals surface area contributed by atoms with E-state index < -0.39 is 0 Å². The Morgan fingerprint density at radius 2 is 2.12 bits per heavy atom. The summed E-state index contributed by atoms with van der Waals surface area (Å²) in [6.45, 7) is 1.59. The standard InChI is InChI=1S/C17H19N7O/c25-17(23-10-1-3-16(23)12-22-9-2-8-19-22)11-14-4-6-15(7-5-14)24-13-18-20-21-24/h2,4-9,13,16H,1,3,10-12H2/t16-/m0/s1. The van der Waals surface area contributed by atoms with Crippen molar-refractivity contribution in [2.45, 2.75) is 31.8 Å². The van der Waals surface area contributed by atoms with Crippen LogP contribution in [0, 0.1) is 0 Å². The third-order valence-electron chi connectivity index (χ3n) is 4.56. The van der Waals surface area contributed by atoms with Crippen molar-refractivity contribution < 1.29 is 4.79 Å². The van der Waals surface area contributed by atoms with Crippen LogP contribution in [0.2, 0.25) is 0 Å². The van der Waals surface area contributed by atoms with Gasteiger partial charge < -0.3 is 4.90 Å². The summed E-state index contributed by atoms with van der Waals surface area (Å²) in [6, 6.07) is 9.88. The number of hydrogen-bond acceptors (Lipinski definition) is 5. The monoisotopic (exact) mass is 337 g/mol. The van der Waals surface area contributed by atoms with Gasteiger partial charge >= 0.3 is 0 Å². The van der Waals surface area contributed by atoms with Crippen LogP contribution in [-0.2, 0) is 17.8 Å². The number of benzene rings is 1. The van der Waals surface area contributed by atoms with Crippen molar-refractivity contribution in [3.63, 3.8) is 0 Å². The summed E-state index contributed by atoms with van der Waals surface area (Å²) in [5, 5.41) is 15.4. The Hall–Kier alpha value is -3.03. The first-order chi connectivity index (χ1) is 12.3. The fourth-order valence-corrected chi connectivity index (χ4v) is 3.30. The molecule has 128 valence electrons. The van der Waals surface area contributed by atoms with Crippen LogP contribution in [-0.4, -0.2) is 53.4 Å². The molecule has 0 aliphatic carbocycles. The van der Waals surface area contributed by atoms with Gasteiger partial charge in [0.05, 0.1) is 24.7 Å². The van der Waals surface area contributed by atoms with Gasteiger partial charge in [-0.25, -0.2) is 4.68 Å². The smallest absolute Gasteiger partial charge is 0.227 e. The van der Waals surface area contributed by atoms with Crippen LogP contribution in [0.5, 0.6) is 0 Å². The predicted octanol–water partition coefficient (Wildman–Crippen LogP) is 1.09. The van der Waals surface area contributed by atoms with E-state index in [0.717, 1.165) is 37.2 Å². The molecular formula is C17H19N7O. The van der Waals surface area contributed by atoms with Crippen molar-refractivity contribution in [3.05, 3.63) is 54.6 Å². The second-order valence-electron chi connectivity index (χ2n) is 6.21. The Kier molecular flexibility index (Phi) is 4.24. The van der Waals surface area contributed by atoms with E-state index in [-0.39, 0.29) is 11.9 Å². The number of aromatic nitrogens is 6. The van der Waals surface area contributed by atoms with E-state index in [1.54, 1.807) is 17.2 Å². The molecule has 4 rings (SSSR count). The van der Waals surface area contributed by atoms with Crippen molar-refractivity contribution in [1.82, 2.24) is 34.9 Å². The van der Waals surface area contributed by atoms with Crippen LogP contribution in [0.4, 0.5) is 0 Å². The number of likely N-dealkylation sites (tertiary alicyclic amines) is 1. The molecule has 1 aliphatic rings. The molecule has 1 amide bonds. The number of carbonyl (C=O) groups is 1. The lowest BCUT2D eigenvalue weighted by Gasteiger charge is -2.25. The van der Waals surface area contributed by atoms with Crippen LogP contribution in [0.25, 0.3) is 5.69 Å². The van der Waals surface area contributed by atoms with E-state index in [1.165, 1.54) is 0 Å². The molecule has 1 saturated heterocycles. The van der Waals surface area contributed by atoms with Gasteiger partial charge in [0, 0.05) is 18.9 Å². The van der Waals surface area contributed by atoms with Crippen molar-refractivity contribution in [1.29, 1.82) is 0 Å². The first-order valence-corrected chi connectivity index (χ1v) is 8.39. The van der Waals surface area contributed by atoms with Crippen LogP contribution < -0.4 is 0 Å². The Labute approximate surface area is 145 Å². The molecule has 3 aromatic rings. The van der Waals surface area contributed by atoms with Gasteiger partial charge in [-0.2, -0.15) is 5.10 Å². The Morgan fingerprint density at radius 1 is 1.24 bits per heavy atom. The Balaban J connectivity index is 1.40. The summed E-state index contributed by atoms with van der Waals surface area (Å²) in [5.41, 5.74) is 1.87. The first kappa shape index (κ1) is 15.5. The highest BCUT2D eigenvalue weighted by atomic mass is 16.2. The summed E-state index contributed by atoms with van der Waals surface area (Å²) in [5.74, 6) is 0.171. The minimum Gasteiger partial charge on any atom is -0.338 e. The number of hydrogen-bond donors (Lipinski definition) is 0. The molecule has 1 fully saturated rings. The van der Waals surface area contributed by atoms with Crippen LogP contribution in [0.3, 0.4) is 0 Å². The third kappa shape index (κ3) is 3.42. The first-order valence-electron chi connectivity index (χ1n) is 8.39. The molecule has 0 saturated carbocycles. The quantitative estimate of drug-likeness (QED) is 0.696. The Morgan fingerprint density at radius 3 is 2.84 bits per heavy atom. The molecule has 3 heterocycles. The molecular weight excluding hydrogens is 318 g/mol. The molecule has 0 unspecified atom stereocenters. The zero-order valence-electron chi connectivity index (χ0n) is 13.8. The molecule has 25 heavy (non-hydrogen) atoms. The van der Waals surface area contributed by atoms with Gasteiger partial charge in [-0.05, 0) is 47.0 Å². The maximum absolute atomic E-state index is 12.7. The number of nitrogens with zero attached hydrogens (tertiary/aromatic N) is 7. The SMILES string of the molecule is O=C(Cc1ccc(-n2cnnn2)cc1)N1CCC[C@H]1Cn1cccn1. The summed E-state index contributed by atoms with van der Waals surface area (Å²) >= 11 is 0. The van der Waals surface area contributed by atoms with E-state index in [0.29, 0.717) is 6.42 Å². The lowest BCUT2D eigenvalue weighted by Crippen LogP contribution is -2.39. The normalized spacial score (nSPS) is 17.1. The number of carbonyl (C=O) groups excluding carboxylic acids is 1. The van der Waals surface area contributed by atoms with Gasteiger partial charge in [-0.3, -0.25) is 9.48 Å². The fourth-order valence-electron chi connectivity index (χ4n) is 3.30. The molecule has 8 heteroatoms. The lowest BCUT2D eigenvalue weighted by atomic mass is 10.1. The van der Waals surface area contributed by atoms with Gasteiger partial charge in [0.2, 0.25) is 5.91 Å². The highest BCUT2D eigenvalue weighted by Crippen LogP contribution is 2.20. The fraction of sp³-hybridized carbons (Fsp3) is 0.353. The molecule has 1 aromatic carbocycles. The Bertz CT molecular complexity index is 811. The van der Waals surface area contributed by atoms with Crippen molar-refractivity contribution in [3.8, 4) is 5.69 Å². The van der Waals surface area contributed by atoms with Crippen molar-refractivity contribution in [2.24, 2.45) is 0 Å². The van der Waals surface area contributed by atoms with E-state index in [4.69, 9.17) is 0 Å². The average Bonchev–Trinajstić information content (AvgIpc) is 3.39. The summed E-state index contributed by atoms with van der Waals surface area (Å²) in [4.78, 5) is 14.7. The van der Waals surface area contributed by atoms with Crippen molar-refractivity contribution in [2.75, 3.05) is 6.54 Å². The molecule has 2 aromatic heterocycles. The second-order valence-corrected chi connectivity index (χ2v) is 6.21. The van der Waals surface area contributed by atoms with Crippen LogP contribution >= 0.6 is 0 Å². The van der Waals surface area contributed by atoms with Gasteiger partial charge in [0.25, 0.3) is 0 Å².